The number of hydrogen-bond acceptors (Lipinski definition) is 3. The second-order valence-electron chi connectivity index (χ2n) is 4.77. The van der Waals surface area contributed by atoms with Gasteiger partial charge in [-0.1, -0.05) is 11.6 Å². The summed E-state index contributed by atoms with van der Waals surface area (Å²) < 4.78 is 38.3. The summed E-state index contributed by atoms with van der Waals surface area (Å²) in [5, 5.41) is 3.10. The molecule has 122 valence electrons. The fourth-order valence-electron chi connectivity index (χ4n) is 1.81. The predicted molar refractivity (Wildman–Crippen MR) is 86.3 cm³/mol. The van der Waals surface area contributed by atoms with Gasteiger partial charge in [0.05, 0.1) is 11.4 Å². The van der Waals surface area contributed by atoms with E-state index in [2.05, 4.69) is 5.32 Å². The molecule has 1 N–H and O–H groups in total. The zero-order valence-corrected chi connectivity index (χ0v) is 13.7. The van der Waals surface area contributed by atoms with Crippen LogP contribution >= 0.6 is 11.6 Å². The van der Waals surface area contributed by atoms with Crippen molar-refractivity contribution in [1.82, 2.24) is 4.31 Å². The smallest absolute Gasteiger partial charge is 0.243 e. The van der Waals surface area contributed by atoms with E-state index < -0.39 is 21.7 Å². The van der Waals surface area contributed by atoms with Gasteiger partial charge in [0.1, 0.15) is 5.82 Å². The third kappa shape index (κ3) is 4.51. The summed E-state index contributed by atoms with van der Waals surface area (Å²) in [6.45, 7) is -0.373. The second-order valence-corrected chi connectivity index (χ2v) is 7.25. The first-order valence-corrected chi connectivity index (χ1v) is 8.38. The van der Waals surface area contributed by atoms with E-state index in [1.54, 1.807) is 24.3 Å². The first kappa shape index (κ1) is 17.4. The molecule has 0 atom stereocenters. The molecule has 1 amide bonds. The summed E-state index contributed by atoms with van der Waals surface area (Å²) in [7, 11) is -2.59. The van der Waals surface area contributed by atoms with Crippen LogP contribution in [0.25, 0.3) is 0 Å². The SMILES string of the molecule is CN(CC(=O)Nc1ccc(Cl)cc1)S(=O)(=O)c1ccc(F)cc1. The molecule has 0 bridgehead atoms. The van der Waals surface area contributed by atoms with Crippen LogP contribution in [0, 0.1) is 5.82 Å². The average Bonchev–Trinajstić information content (AvgIpc) is 2.50. The van der Waals surface area contributed by atoms with Gasteiger partial charge in [0.15, 0.2) is 0 Å². The molecule has 0 aliphatic rings. The van der Waals surface area contributed by atoms with Crippen molar-refractivity contribution in [2.45, 2.75) is 4.90 Å². The number of carbonyl (C=O) groups is 1. The molecular formula is C15H14ClFN2O3S. The Hall–Kier alpha value is -1.96. The Morgan fingerprint density at radius 2 is 1.70 bits per heavy atom. The van der Waals surface area contributed by atoms with Crippen LogP contribution in [0.1, 0.15) is 0 Å². The lowest BCUT2D eigenvalue weighted by atomic mass is 10.3. The van der Waals surface area contributed by atoms with E-state index in [1.165, 1.54) is 7.05 Å². The Bertz CT molecular complexity index is 792. The Labute approximate surface area is 138 Å². The maximum absolute atomic E-state index is 12.9. The number of amides is 1. The van der Waals surface area contributed by atoms with E-state index in [0.29, 0.717) is 10.7 Å². The molecule has 0 aromatic heterocycles. The van der Waals surface area contributed by atoms with Crippen molar-refractivity contribution in [3.05, 3.63) is 59.4 Å². The van der Waals surface area contributed by atoms with E-state index in [9.17, 15) is 17.6 Å². The summed E-state index contributed by atoms with van der Waals surface area (Å²) in [6.07, 6.45) is 0. The third-order valence-corrected chi connectivity index (χ3v) is 5.09. The number of sulfonamides is 1. The molecule has 0 saturated heterocycles. The number of hydrogen-bond donors (Lipinski definition) is 1. The minimum absolute atomic E-state index is 0.0827. The van der Waals surface area contributed by atoms with E-state index >= 15 is 0 Å². The topological polar surface area (TPSA) is 66.5 Å². The summed E-state index contributed by atoms with van der Waals surface area (Å²) in [6, 6.07) is 10.8. The van der Waals surface area contributed by atoms with Gasteiger partial charge in [-0.25, -0.2) is 12.8 Å². The lowest BCUT2D eigenvalue weighted by Gasteiger charge is -2.17. The highest BCUT2D eigenvalue weighted by atomic mass is 35.5. The molecule has 2 rings (SSSR count). The molecule has 23 heavy (non-hydrogen) atoms. The molecule has 0 saturated carbocycles. The van der Waals surface area contributed by atoms with Gasteiger partial charge in [-0.2, -0.15) is 4.31 Å². The van der Waals surface area contributed by atoms with Gasteiger partial charge < -0.3 is 5.32 Å². The maximum Gasteiger partial charge on any atom is 0.243 e. The number of benzene rings is 2. The summed E-state index contributed by atoms with van der Waals surface area (Å²) in [5.74, 6) is -1.03. The summed E-state index contributed by atoms with van der Waals surface area (Å²) in [5.41, 5.74) is 0.506. The van der Waals surface area contributed by atoms with Gasteiger partial charge >= 0.3 is 0 Å². The van der Waals surface area contributed by atoms with Crippen molar-refractivity contribution in [2.24, 2.45) is 0 Å². The maximum atomic E-state index is 12.9. The van der Waals surface area contributed by atoms with Crippen LogP contribution in [0.5, 0.6) is 0 Å². The number of anilines is 1. The standard InChI is InChI=1S/C15H14ClFN2O3S/c1-19(23(21,22)14-8-4-12(17)5-9-14)10-15(20)18-13-6-2-11(16)3-7-13/h2-9H,10H2,1H3,(H,18,20). The van der Waals surface area contributed by atoms with Gasteiger partial charge in [0.2, 0.25) is 15.9 Å². The Morgan fingerprint density at radius 3 is 2.26 bits per heavy atom. The van der Waals surface area contributed by atoms with Crippen molar-refractivity contribution in [3.63, 3.8) is 0 Å². The number of nitrogens with one attached hydrogen (secondary N) is 1. The highest BCUT2D eigenvalue weighted by Gasteiger charge is 2.22. The predicted octanol–water partition coefficient (Wildman–Crippen LogP) is 2.74. The fourth-order valence-corrected chi connectivity index (χ4v) is 3.06. The largest absolute Gasteiger partial charge is 0.325 e. The second kappa shape index (κ2) is 7.08. The summed E-state index contributed by atoms with van der Waals surface area (Å²) in [4.78, 5) is 11.8. The lowest BCUT2D eigenvalue weighted by molar-refractivity contribution is -0.116. The molecule has 0 heterocycles. The average molecular weight is 357 g/mol. The minimum Gasteiger partial charge on any atom is -0.325 e. The zero-order chi connectivity index (χ0) is 17.0. The Morgan fingerprint density at radius 1 is 1.13 bits per heavy atom. The van der Waals surface area contributed by atoms with Crippen molar-refractivity contribution in [3.8, 4) is 0 Å². The van der Waals surface area contributed by atoms with Crippen molar-refractivity contribution in [2.75, 3.05) is 18.9 Å². The van der Waals surface area contributed by atoms with Crippen LogP contribution in [0.15, 0.2) is 53.4 Å². The fraction of sp³-hybridized carbons (Fsp3) is 0.133. The molecule has 0 fully saturated rings. The first-order valence-electron chi connectivity index (χ1n) is 6.56. The lowest BCUT2D eigenvalue weighted by Crippen LogP contribution is -2.34. The van der Waals surface area contributed by atoms with Crippen molar-refractivity contribution >= 4 is 33.2 Å². The van der Waals surface area contributed by atoms with Crippen LogP contribution in [-0.4, -0.2) is 32.2 Å². The highest BCUT2D eigenvalue weighted by Crippen LogP contribution is 2.16. The van der Waals surface area contributed by atoms with E-state index in [4.69, 9.17) is 11.6 Å². The molecule has 0 spiro atoms. The summed E-state index contributed by atoms with van der Waals surface area (Å²) >= 11 is 5.74. The highest BCUT2D eigenvalue weighted by molar-refractivity contribution is 7.89. The molecule has 5 nitrogen and oxygen atoms in total. The number of nitrogens with zero attached hydrogens (tertiary/aromatic N) is 1. The van der Waals surface area contributed by atoms with Crippen LogP contribution in [0.2, 0.25) is 5.02 Å². The van der Waals surface area contributed by atoms with Crippen LogP contribution in [-0.2, 0) is 14.8 Å². The first-order chi connectivity index (χ1) is 10.8. The molecule has 2 aromatic rings. The number of rotatable bonds is 5. The van der Waals surface area contributed by atoms with Crippen LogP contribution < -0.4 is 5.32 Å². The van der Waals surface area contributed by atoms with Gasteiger partial charge in [0.25, 0.3) is 0 Å². The van der Waals surface area contributed by atoms with Crippen LogP contribution in [0.3, 0.4) is 0 Å². The zero-order valence-electron chi connectivity index (χ0n) is 12.2. The molecule has 0 unspecified atom stereocenters. The molecule has 0 aliphatic heterocycles. The van der Waals surface area contributed by atoms with E-state index in [0.717, 1.165) is 28.6 Å². The quantitative estimate of drug-likeness (QED) is 0.895. The molecule has 2 aromatic carbocycles. The van der Waals surface area contributed by atoms with E-state index in [1.807, 2.05) is 0 Å². The molecule has 0 aliphatic carbocycles. The van der Waals surface area contributed by atoms with E-state index in [-0.39, 0.29) is 11.4 Å². The minimum atomic E-state index is -3.87. The molecule has 0 radical (unpaired) electrons. The van der Waals surface area contributed by atoms with Gasteiger partial charge in [0, 0.05) is 17.8 Å². The van der Waals surface area contributed by atoms with Crippen molar-refractivity contribution in [1.29, 1.82) is 0 Å². The number of carbonyl (C=O) groups excluding carboxylic acids is 1. The number of likely N-dealkylation sites (N-methyl/N-ethyl adjacent to an activating group) is 1. The molecular weight excluding hydrogens is 343 g/mol. The number of halogens is 2. The third-order valence-electron chi connectivity index (χ3n) is 3.02. The normalized spacial score (nSPS) is 11.5. The Balaban J connectivity index is 2.05. The Kier molecular flexibility index (Phi) is 5.35. The monoisotopic (exact) mass is 356 g/mol. The van der Waals surface area contributed by atoms with Crippen molar-refractivity contribution < 1.29 is 17.6 Å². The van der Waals surface area contributed by atoms with Gasteiger partial charge in [-0.15, -0.1) is 0 Å². The molecule has 8 heteroatoms. The van der Waals surface area contributed by atoms with Gasteiger partial charge in [-0.05, 0) is 48.5 Å². The van der Waals surface area contributed by atoms with Crippen LogP contribution in [0.4, 0.5) is 10.1 Å². The van der Waals surface area contributed by atoms with Gasteiger partial charge in [-0.3, -0.25) is 4.79 Å².